The van der Waals surface area contributed by atoms with Gasteiger partial charge in [0.05, 0.1) is 0 Å². The zero-order valence-electron chi connectivity index (χ0n) is 9.39. The third kappa shape index (κ3) is 2.26. The fourth-order valence-electron chi connectivity index (χ4n) is 2.28. The molecule has 0 spiro atoms. The molecule has 0 bridgehead atoms. The molecule has 0 nitrogen and oxygen atoms in total. The van der Waals surface area contributed by atoms with Crippen LogP contribution in [0, 0.1) is 5.92 Å². The van der Waals surface area contributed by atoms with Crippen LogP contribution in [0.25, 0.3) is 5.57 Å². The van der Waals surface area contributed by atoms with Crippen LogP contribution in [0.5, 0.6) is 0 Å². The molecule has 1 aromatic carbocycles. The Hall–Kier alpha value is -0.750. The maximum atomic E-state index is 6.22. The first kappa shape index (κ1) is 10.8. The molecule has 0 aromatic heterocycles. The first-order chi connectivity index (χ1) is 7.18. The highest BCUT2D eigenvalue weighted by molar-refractivity contribution is 6.31. The van der Waals surface area contributed by atoms with E-state index >= 15 is 0 Å². The van der Waals surface area contributed by atoms with Gasteiger partial charge >= 0.3 is 0 Å². The van der Waals surface area contributed by atoms with Crippen molar-refractivity contribution in [3.63, 3.8) is 0 Å². The summed E-state index contributed by atoms with van der Waals surface area (Å²) in [4.78, 5) is 0. The molecule has 1 aliphatic rings. The van der Waals surface area contributed by atoms with Gasteiger partial charge in [0.15, 0.2) is 0 Å². The Bertz CT molecular complexity index is 388. The molecular formula is C14H17Cl. The Kier molecular flexibility index (Phi) is 3.16. The molecule has 1 aliphatic carbocycles. The van der Waals surface area contributed by atoms with Gasteiger partial charge in [0.25, 0.3) is 0 Å². The van der Waals surface area contributed by atoms with Gasteiger partial charge in [0, 0.05) is 5.02 Å². The van der Waals surface area contributed by atoms with Crippen LogP contribution in [0.1, 0.15) is 37.8 Å². The minimum Gasteiger partial charge on any atom is -0.0840 e. The lowest BCUT2D eigenvalue weighted by Crippen LogP contribution is -2.03. The summed E-state index contributed by atoms with van der Waals surface area (Å²) < 4.78 is 0. The minimum atomic E-state index is 0.616. The molecule has 0 heterocycles. The number of rotatable bonds is 1. The van der Waals surface area contributed by atoms with Crippen molar-refractivity contribution in [3.05, 3.63) is 40.4 Å². The number of fused-ring (bicyclic) bond motifs is 1. The lowest BCUT2D eigenvalue weighted by molar-refractivity contribution is 0.792. The second-order valence-corrected chi connectivity index (χ2v) is 4.96. The van der Waals surface area contributed by atoms with E-state index in [-0.39, 0.29) is 0 Å². The molecule has 1 heteroatoms. The summed E-state index contributed by atoms with van der Waals surface area (Å²) in [5, 5.41) is 0.932. The highest BCUT2D eigenvalue weighted by atomic mass is 35.5. The van der Waals surface area contributed by atoms with E-state index in [1.165, 1.54) is 29.5 Å². The summed E-state index contributed by atoms with van der Waals surface area (Å²) >= 11 is 6.22. The van der Waals surface area contributed by atoms with E-state index < -0.39 is 0 Å². The summed E-state index contributed by atoms with van der Waals surface area (Å²) in [6.45, 7) is 4.46. The smallest absolute Gasteiger partial charge is 0.0444 e. The topological polar surface area (TPSA) is 0 Å². The van der Waals surface area contributed by atoms with Crippen LogP contribution >= 0.6 is 11.6 Å². The predicted octanol–water partition coefficient (Wildman–Crippen LogP) is 4.72. The molecule has 0 N–H and O–H groups in total. The highest BCUT2D eigenvalue weighted by Gasteiger charge is 2.16. The van der Waals surface area contributed by atoms with Crippen molar-refractivity contribution in [2.24, 2.45) is 5.92 Å². The molecule has 0 aliphatic heterocycles. The molecule has 0 atom stereocenters. The van der Waals surface area contributed by atoms with Gasteiger partial charge in [0.2, 0.25) is 0 Å². The molecule has 0 radical (unpaired) electrons. The average molecular weight is 221 g/mol. The van der Waals surface area contributed by atoms with Gasteiger partial charge < -0.3 is 0 Å². The molecule has 1 aromatic rings. The second kappa shape index (κ2) is 4.40. The first-order valence-electron chi connectivity index (χ1n) is 5.67. The molecular weight excluding hydrogens is 204 g/mol. The third-order valence-electron chi connectivity index (χ3n) is 2.87. The van der Waals surface area contributed by atoms with Crippen molar-refractivity contribution in [2.45, 2.75) is 33.1 Å². The molecule has 2 rings (SSSR count). The summed E-state index contributed by atoms with van der Waals surface area (Å²) in [6.07, 6.45) is 5.93. The van der Waals surface area contributed by atoms with Crippen LogP contribution < -0.4 is 0 Å². The number of benzene rings is 1. The molecule has 0 fully saturated rings. The van der Waals surface area contributed by atoms with Gasteiger partial charge in [-0.2, -0.15) is 0 Å². The maximum Gasteiger partial charge on any atom is 0.0444 e. The van der Waals surface area contributed by atoms with Crippen molar-refractivity contribution in [3.8, 4) is 0 Å². The fraction of sp³-hybridized carbons (Fsp3) is 0.429. The molecule has 15 heavy (non-hydrogen) atoms. The van der Waals surface area contributed by atoms with Crippen LogP contribution in [-0.2, 0) is 6.42 Å². The van der Waals surface area contributed by atoms with Crippen molar-refractivity contribution in [1.29, 1.82) is 0 Å². The molecule has 0 amide bonds. The average Bonchev–Trinajstić information content (AvgIpc) is 2.19. The van der Waals surface area contributed by atoms with E-state index in [0.29, 0.717) is 5.92 Å². The van der Waals surface area contributed by atoms with Gasteiger partial charge in [-0.3, -0.25) is 0 Å². The Balaban J connectivity index is 2.47. The number of halogens is 1. The normalized spacial score (nSPS) is 18.3. The van der Waals surface area contributed by atoms with E-state index in [2.05, 4.69) is 32.1 Å². The zero-order valence-corrected chi connectivity index (χ0v) is 10.1. The van der Waals surface area contributed by atoms with E-state index in [9.17, 15) is 0 Å². The molecule has 0 unspecified atom stereocenters. The summed E-state index contributed by atoms with van der Waals surface area (Å²) in [5.74, 6) is 0.616. The van der Waals surface area contributed by atoms with E-state index in [4.69, 9.17) is 11.6 Å². The summed E-state index contributed by atoms with van der Waals surface area (Å²) in [7, 11) is 0. The van der Waals surface area contributed by atoms with Crippen molar-refractivity contribution in [2.75, 3.05) is 0 Å². The number of hydrogen-bond acceptors (Lipinski definition) is 0. The van der Waals surface area contributed by atoms with Crippen LogP contribution in [0.2, 0.25) is 5.02 Å². The minimum absolute atomic E-state index is 0.616. The maximum absolute atomic E-state index is 6.22. The second-order valence-electron chi connectivity index (χ2n) is 4.56. The lowest BCUT2D eigenvalue weighted by Gasteiger charge is -2.20. The van der Waals surface area contributed by atoms with Crippen LogP contribution in [0.15, 0.2) is 24.3 Å². The lowest BCUT2D eigenvalue weighted by atomic mass is 9.86. The van der Waals surface area contributed by atoms with Gasteiger partial charge in [0.1, 0.15) is 0 Å². The Labute approximate surface area is 97.0 Å². The fourth-order valence-corrected chi connectivity index (χ4v) is 2.55. The predicted molar refractivity (Wildman–Crippen MR) is 67.2 cm³/mol. The Morgan fingerprint density at radius 1 is 1.27 bits per heavy atom. The quantitative estimate of drug-likeness (QED) is 0.643. The number of hydrogen-bond donors (Lipinski definition) is 0. The van der Waals surface area contributed by atoms with E-state index in [0.717, 1.165) is 11.4 Å². The Morgan fingerprint density at radius 3 is 2.80 bits per heavy atom. The highest BCUT2D eigenvalue weighted by Crippen LogP contribution is 2.35. The van der Waals surface area contributed by atoms with Gasteiger partial charge in [-0.25, -0.2) is 0 Å². The summed E-state index contributed by atoms with van der Waals surface area (Å²) in [6, 6.07) is 6.26. The van der Waals surface area contributed by atoms with Crippen molar-refractivity contribution in [1.82, 2.24) is 0 Å². The third-order valence-corrected chi connectivity index (χ3v) is 3.23. The zero-order chi connectivity index (χ0) is 10.8. The monoisotopic (exact) mass is 220 g/mol. The van der Waals surface area contributed by atoms with Crippen LogP contribution in [0.4, 0.5) is 0 Å². The van der Waals surface area contributed by atoms with Gasteiger partial charge in [-0.1, -0.05) is 43.7 Å². The van der Waals surface area contributed by atoms with Crippen molar-refractivity contribution < 1.29 is 0 Å². The van der Waals surface area contributed by atoms with Crippen LogP contribution in [-0.4, -0.2) is 0 Å². The molecule has 80 valence electrons. The summed E-state index contributed by atoms with van der Waals surface area (Å²) in [5.41, 5.74) is 4.20. The van der Waals surface area contributed by atoms with E-state index in [1.807, 2.05) is 6.07 Å². The van der Waals surface area contributed by atoms with Gasteiger partial charge in [-0.05, 0) is 47.9 Å². The van der Waals surface area contributed by atoms with E-state index in [1.54, 1.807) is 0 Å². The van der Waals surface area contributed by atoms with Crippen LogP contribution in [0.3, 0.4) is 0 Å². The molecule has 0 saturated heterocycles. The SMILES string of the molecule is CC(C)C=C1CCCc2c(Cl)cccc21. The molecule has 0 saturated carbocycles. The largest absolute Gasteiger partial charge is 0.0840 e. The van der Waals surface area contributed by atoms with Gasteiger partial charge in [-0.15, -0.1) is 0 Å². The first-order valence-corrected chi connectivity index (χ1v) is 6.04. The van der Waals surface area contributed by atoms with Crippen molar-refractivity contribution >= 4 is 17.2 Å². The number of allylic oxidation sites excluding steroid dienone is 2. The standard InChI is InChI=1S/C14H17Cl/c1-10(2)9-11-5-3-7-13-12(11)6-4-8-14(13)15/h4,6,8-10H,3,5,7H2,1-2H3. The Morgan fingerprint density at radius 2 is 2.07 bits per heavy atom.